The highest BCUT2D eigenvalue weighted by atomic mass is 35.5. The smallest absolute Gasteiger partial charge is 0.330 e. The summed E-state index contributed by atoms with van der Waals surface area (Å²) in [5, 5.41) is 7.48. The van der Waals surface area contributed by atoms with Crippen LogP contribution in [-0.2, 0) is 9.59 Å². The van der Waals surface area contributed by atoms with Crippen LogP contribution >= 0.6 is 11.6 Å². The number of primary amides is 1. The average Bonchev–Trinajstić information content (AvgIpc) is 1.63. The molecular weight excluding hydrogens is 146 g/mol. The Kier molecular flexibility index (Phi) is 2.73. The van der Waals surface area contributed by atoms with Crippen LogP contribution in [0.3, 0.4) is 0 Å². The van der Waals surface area contributed by atoms with Gasteiger partial charge in [0.2, 0.25) is 0 Å². The minimum absolute atomic E-state index is 0.484. The summed E-state index contributed by atoms with van der Waals surface area (Å²) >= 11 is 5.02. The molecule has 0 aromatic rings. The van der Waals surface area contributed by atoms with E-state index < -0.39 is 16.9 Å². The van der Waals surface area contributed by atoms with E-state index in [0.29, 0.717) is 6.08 Å². The number of nitrogens with two attached hydrogens (primary N) is 1. The van der Waals surface area contributed by atoms with Crippen molar-refractivity contribution in [3.05, 3.63) is 11.1 Å². The number of carbonyl (C=O) groups excluding carboxylic acids is 1. The Balaban J connectivity index is 4.17. The van der Waals surface area contributed by atoms with E-state index in [4.69, 9.17) is 16.7 Å². The molecule has 0 fully saturated rings. The van der Waals surface area contributed by atoms with Crippen molar-refractivity contribution < 1.29 is 14.7 Å². The molecule has 0 unspecified atom stereocenters. The quantitative estimate of drug-likeness (QED) is 0.528. The van der Waals surface area contributed by atoms with Crippen LogP contribution in [0, 0.1) is 0 Å². The van der Waals surface area contributed by atoms with Gasteiger partial charge in [-0.05, 0) is 0 Å². The molecular formula is C4H4ClNO3. The average molecular weight is 150 g/mol. The molecule has 0 aliphatic heterocycles. The van der Waals surface area contributed by atoms with Crippen molar-refractivity contribution >= 4 is 23.5 Å². The first-order chi connectivity index (χ1) is 4.04. The largest absolute Gasteiger partial charge is 0.478 e. The van der Waals surface area contributed by atoms with E-state index in [9.17, 15) is 9.59 Å². The number of hydrogen-bond acceptors (Lipinski definition) is 2. The molecule has 0 bridgehead atoms. The summed E-state index contributed by atoms with van der Waals surface area (Å²) in [6, 6.07) is 0. The van der Waals surface area contributed by atoms with Crippen LogP contribution in [0.2, 0.25) is 0 Å². The van der Waals surface area contributed by atoms with Crippen LogP contribution in [0.5, 0.6) is 0 Å². The third kappa shape index (κ3) is 3.54. The fourth-order valence-electron chi connectivity index (χ4n) is 0.180. The topological polar surface area (TPSA) is 80.4 Å². The highest BCUT2D eigenvalue weighted by Crippen LogP contribution is 1.97. The molecule has 0 saturated carbocycles. The second-order valence-corrected chi connectivity index (χ2v) is 1.60. The zero-order valence-electron chi connectivity index (χ0n) is 4.30. The van der Waals surface area contributed by atoms with Gasteiger partial charge in [0.25, 0.3) is 5.91 Å². The van der Waals surface area contributed by atoms with Gasteiger partial charge in [0.1, 0.15) is 5.03 Å². The summed E-state index contributed by atoms with van der Waals surface area (Å²) in [6.45, 7) is 0. The highest BCUT2D eigenvalue weighted by Gasteiger charge is 2.01. The minimum atomic E-state index is -1.29. The molecule has 0 saturated heterocycles. The van der Waals surface area contributed by atoms with Gasteiger partial charge in [0, 0.05) is 6.08 Å². The highest BCUT2D eigenvalue weighted by molar-refractivity contribution is 6.42. The molecule has 0 aliphatic rings. The lowest BCUT2D eigenvalue weighted by molar-refractivity contribution is -0.131. The van der Waals surface area contributed by atoms with Crippen LogP contribution in [0.4, 0.5) is 0 Å². The first kappa shape index (κ1) is 7.97. The Bertz CT molecular complexity index is 175. The van der Waals surface area contributed by atoms with E-state index in [1.165, 1.54) is 0 Å². The van der Waals surface area contributed by atoms with Crippen LogP contribution < -0.4 is 5.73 Å². The standard InChI is InChI=1S/C4H4ClNO3/c5-2(4(6)9)1-3(7)8/h1H,(H2,6,9)(H,7,8)/b2-1+. The Morgan fingerprint density at radius 3 is 2.11 bits per heavy atom. The molecule has 3 N–H and O–H groups in total. The number of carbonyl (C=O) groups is 2. The molecule has 50 valence electrons. The number of halogens is 1. The summed E-state index contributed by atoms with van der Waals surface area (Å²) in [5.41, 5.74) is 4.58. The van der Waals surface area contributed by atoms with Gasteiger partial charge < -0.3 is 10.8 Å². The van der Waals surface area contributed by atoms with Gasteiger partial charge in [0.15, 0.2) is 0 Å². The van der Waals surface area contributed by atoms with Crippen molar-refractivity contribution in [1.29, 1.82) is 0 Å². The van der Waals surface area contributed by atoms with Crippen molar-refractivity contribution in [2.24, 2.45) is 5.73 Å². The molecule has 0 aromatic carbocycles. The van der Waals surface area contributed by atoms with Gasteiger partial charge in [-0.1, -0.05) is 11.6 Å². The Hall–Kier alpha value is -1.03. The zero-order valence-corrected chi connectivity index (χ0v) is 5.05. The van der Waals surface area contributed by atoms with Crippen LogP contribution in [0.1, 0.15) is 0 Å². The predicted molar refractivity (Wildman–Crippen MR) is 30.8 cm³/mol. The molecule has 0 aromatic heterocycles. The molecule has 0 radical (unpaired) electrons. The molecule has 1 amide bonds. The maximum absolute atomic E-state index is 9.99. The molecule has 0 atom stereocenters. The van der Waals surface area contributed by atoms with E-state index in [1.54, 1.807) is 0 Å². The SMILES string of the molecule is NC(=O)/C(Cl)=C\C(=O)O. The molecule has 0 spiro atoms. The third-order valence-corrected chi connectivity index (χ3v) is 0.781. The summed E-state index contributed by atoms with van der Waals surface area (Å²) in [6.07, 6.45) is 0.532. The Labute approximate surface area is 55.9 Å². The van der Waals surface area contributed by atoms with Crippen molar-refractivity contribution in [3.63, 3.8) is 0 Å². The Morgan fingerprint density at radius 1 is 1.56 bits per heavy atom. The molecule has 4 nitrogen and oxygen atoms in total. The zero-order chi connectivity index (χ0) is 7.44. The summed E-state index contributed by atoms with van der Waals surface area (Å²) in [7, 11) is 0. The lowest BCUT2D eigenvalue weighted by Crippen LogP contribution is -2.11. The van der Waals surface area contributed by atoms with Gasteiger partial charge in [-0.3, -0.25) is 4.79 Å². The van der Waals surface area contributed by atoms with E-state index in [-0.39, 0.29) is 0 Å². The van der Waals surface area contributed by atoms with Crippen molar-refractivity contribution in [2.75, 3.05) is 0 Å². The summed E-state index contributed by atoms with van der Waals surface area (Å²) < 4.78 is 0. The Morgan fingerprint density at radius 2 is 2.00 bits per heavy atom. The van der Waals surface area contributed by atoms with Crippen LogP contribution in [-0.4, -0.2) is 17.0 Å². The van der Waals surface area contributed by atoms with Gasteiger partial charge in [-0.15, -0.1) is 0 Å². The summed E-state index contributed by atoms with van der Waals surface area (Å²) in [4.78, 5) is 19.7. The number of amides is 1. The number of carboxylic acid groups (broad SMARTS) is 1. The van der Waals surface area contributed by atoms with E-state index >= 15 is 0 Å². The fourth-order valence-corrected chi connectivity index (χ4v) is 0.273. The number of carboxylic acids is 1. The predicted octanol–water partition coefficient (Wildman–Crippen LogP) is -0.321. The fraction of sp³-hybridized carbons (Fsp3) is 0. The number of hydrogen-bond donors (Lipinski definition) is 2. The van der Waals surface area contributed by atoms with Crippen molar-refractivity contribution in [3.8, 4) is 0 Å². The number of aliphatic carboxylic acids is 1. The van der Waals surface area contributed by atoms with Crippen molar-refractivity contribution in [1.82, 2.24) is 0 Å². The molecule has 5 heteroatoms. The first-order valence-electron chi connectivity index (χ1n) is 1.94. The first-order valence-corrected chi connectivity index (χ1v) is 2.31. The van der Waals surface area contributed by atoms with Gasteiger partial charge in [0.05, 0.1) is 0 Å². The van der Waals surface area contributed by atoms with Gasteiger partial charge in [-0.2, -0.15) is 0 Å². The molecule has 0 heterocycles. The minimum Gasteiger partial charge on any atom is -0.478 e. The second kappa shape index (κ2) is 3.09. The molecule has 0 aliphatic carbocycles. The van der Waals surface area contributed by atoms with Crippen molar-refractivity contribution in [2.45, 2.75) is 0 Å². The lowest BCUT2D eigenvalue weighted by Gasteiger charge is -1.84. The monoisotopic (exact) mass is 149 g/mol. The summed E-state index contributed by atoms with van der Waals surface area (Å²) in [5.74, 6) is -2.24. The van der Waals surface area contributed by atoms with Gasteiger partial charge >= 0.3 is 5.97 Å². The van der Waals surface area contributed by atoms with E-state index in [2.05, 4.69) is 5.73 Å². The van der Waals surface area contributed by atoms with E-state index in [0.717, 1.165) is 0 Å². The second-order valence-electron chi connectivity index (χ2n) is 1.19. The maximum atomic E-state index is 9.99. The third-order valence-electron chi connectivity index (χ3n) is 0.486. The van der Waals surface area contributed by atoms with Crippen LogP contribution in [0.15, 0.2) is 11.1 Å². The lowest BCUT2D eigenvalue weighted by atomic mass is 10.5. The molecule has 9 heavy (non-hydrogen) atoms. The van der Waals surface area contributed by atoms with Gasteiger partial charge in [-0.25, -0.2) is 4.79 Å². The number of rotatable bonds is 2. The normalized spacial score (nSPS) is 11.0. The van der Waals surface area contributed by atoms with E-state index in [1.807, 2.05) is 0 Å². The molecule has 0 rings (SSSR count). The maximum Gasteiger partial charge on any atom is 0.330 e. The van der Waals surface area contributed by atoms with Crippen LogP contribution in [0.25, 0.3) is 0 Å².